The van der Waals surface area contributed by atoms with Crippen molar-refractivity contribution < 1.29 is 32.8 Å². The molecule has 0 spiro atoms. The summed E-state index contributed by atoms with van der Waals surface area (Å²) in [5.74, 6) is -2.29. The molecule has 2 rings (SSSR count). The highest BCUT2D eigenvalue weighted by Crippen LogP contribution is 2.21. The molecular formula is C11H9NO7S. The van der Waals surface area contributed by atoms with Crippen LogP contribution in [0.15, 0.2) is 41.3 Å². The van der Waals surface area contributed by atoms with E-state index in [0.717, 1.165) is 24.3 Å². The number of aromatic hydroxyl groups is 2. The van der Waals surface area contributed by atoms with Crippen LogP contribution in [0.25, 0.3) is 0 Å². The molecule has 0 atom stereocenters. The maximum absolute atomic E-state index is 11.8. The van der Waals surface area contributed by atoms with Crippen LogP contribution in [0.1, 0.15) is 10.4 Å². The Kier molecular flexibility index (Phi) is 3.38. The van der Waals surface area contributed by atoms with Crippen LogP contribution >= 0.6 is 0 Å². The van der Waals surface area contributed by atoms with Gasteiger partial charge in [0.2, 0.25) is 11.8 Å². The molecule has 106 valence electrons. The van der Waals surface area contributed by atoms with Crippen LogP contribution in [0, 0.1) is 0 Å². The molecule has 20 heavy (non-hydrogen) atoms. The molecule has 2 aromatic rings. The van der Waals surface area contributed by atoms with Gasteiger partial charge in [-0.1, -0.05) is 12.1 Å². The number of carbonyl (C=O) groups excluding carboxylic acids is 1. The third-order valence-corrected chi connectivity index (χ3v) is 3.27. The van der Waals surface area contributed by atoms with Crippen LogP contribution in [0.5, 0.6) is 11.8 Å². The van der Waals surface area contributed by atoms with Crippen molar-refractivity contribution in [3.05, 3.63) is 42.0 Å². The largest absolute Gasteiger partial charge is 0.492 e. The average molecular weight is 299 g/mol. The number of benzene rings is 1. The van der Waals surface area contributed by atoms with Crippen molar-refractivity contribution in [1.29, 1.82) is 0 Å². The van der Waals surface area contributed by atoms with Crippen molar-refractivity contribution in [3.63, 3.8) is 0 Å². The third-order valence-electron chi connectivity index (χ3n) is 2.36. The molecule has 8 nitrogen and oxygen atoms in total. The highest BCUT2D eigenvalue weighted by Gasteiger charge is 2.23. The molecule has 0 amide bonds. The standard InChI is InChI=1S/C11H9NO7S/c13-9-5-6-10(14)12(9)19-11(15)7-3-1-2-4-8(7)20(16,17)18/h1-6,13-14H,(H,16,17,18). The molecule has 0 aliphatic heterocycles. The monoisotopic (exact) mass is 299 g/mol. The molecule has 0 saturated carbocycles. The summed E-state index contributed by atoms with van der Waals surface area (Å²) < 4.78 is 31.7. The van der Waals surface area contributed by atoms with E-state index in [1.54, 1.807) is 0 Å². The molecule has 0 fully saturated rings. The van der Waals surface area contributed by atoms with Gasteiger partial charge in [-0.15, -0.1) is 4.73 Å². The van der Waals surface area contributed by atoms with Crippen LogP contribution in [-0.4, -0.2) is 33.9 Å². The summed E-state index contributed by atoms with van der Waals surface area (Å²) in [7, 11) is -4.61. The molecular weight excluding hydrogens is 290 g/mol. The van der Waals surface area contributed by atoms with E-state index in [9.17, 15) is 23.4 Å². The first-order valence-electron chi connectivity index (χ1n) is 5.19. The molecule has 3 N–H and O–H groups in total. The van der Waals surface area contributed by atoms with Gasteiger partial charge in [0.15, 0.2) is 0 Å². The highest BCUT2D eigenvalue weighted by molar-refractivity contribution is 7.86. The molecule has 1 aromatic heterocycles. The smallest absolute Gasteiger partial charge is 0.365 e. The van der Waals surface area contributed by atoms with E-state index in [2.05, 4.69) is 4.84 Å². The lowest BCUT2D eigenvalue weighted by Crippen LogP contribution is -2.21. The van der Waals surface area contributed by atoms with Gasteiger partial charge in [-0.3, -0.25) is 4.55 Å². The van der Waals surface area contributed by atoms with Gasteiger partial charge in [0.25, 0.3) is 10.1 Å². The lowest BCUT2D eigenvalue weighted by atomic mass is 10.2. The molecule has 9 heteroatoms. The first-order valence-corrected chi connectivity index (χ1v) is 6.63. The van der Waals surface area contributed by atoms with Gasteiger partial charge in [0, 0.05) is 12.1 Å². The Bertz CT molecular complexity index is 743. The Hall–Kier alpha value is -2.52. The van der Waals surface area contributed by atoms with Crippen LogP contribution in [0.4, 0.5) is 0 Å². The summed E-state index contributed by atoms with van der Waals surface area (Å²) in [4.78, 5) is 15.8. The van der Waals surface area contributed by atoms with Crippen LogP contribution < -0.4 is 4.84 Å². The number of aromatic nitrogens is 1. The fraction of sp³-hybridized carbons (Fsp3) is 0. The van der Waals surface area contributed by atoms with Crippen LogP contribution in [0.3, 0.4) is 0 Å². The maximum Gasteiger partial charge on any atom is 0.365 e. The molecule has 0 bridgehead atoms. The predicted molar refractivity (Wildman–Crippen MR) is 64.9 cm³/mol. The van der Waals surface area contributed by atoms with E-state index in [4.69, 9.17) is 4.55 Å². The summed E-state index contributed by atoms with van der Waals surface area (Å²) in [6.07, 6.45) is 0. The zero-order valence-electron chi connectivity index (χ0n) is 9.79. The molecule has 0 aliphatic carbocycles. The van der Waals surface area contributed by atoms with Crippen molar-refractivity contribution in [2.45, 2.75) is 4.90 Å². The average Bonchev–Trinajstić information content (AvgIpc) is 2.69. The first-order chi connectivity index (χ1) is 9.30. The van der Waals surface area contributed by atoms with Gasteiger partial charge < -0.3 is 15.1 Å². The van der Waals surface area contributed by atoms with Crippen molar-refractivity contribution in [1.82, 2.24) is 4.73 Å². The Labute approximate surface area is 113 Å². The molecule has 1 aromatic carbocycles. The topological polar surface area (TPSA) is 126 Å². The third kappa shape index (κ3) is 2.58. The lowest BCUT2D eigenvalue weighted by molar-refractivity contribution is 0.0377. The minimum absolute atomic E-state index is 0.406. The molecule has 0 aliphatic rings. The summed E-state index contributed by atoms with van der Waals surface area (Å²) in [6.45, 7) is 0. The molecule has 0 unspecified atom stereocenters. The van der Waals surface area contributed by atoms with E-state index in [-0.39, 0.29) is 0 Å². The van der Waals surface area contributed by atoms with Crippen LogP contribution in [0.2, 0.25) is 0 Å². The fourth-order valence-corrected chi connectivity index (χ4v) is 2.17. The van der Waals surface area contributed by atoms with E-state index in [1.807, 2.05) is 0 Å². The summed E-state index contributed by atoms with van der Waals surface area (Å²) in [5.41, 5.74) is -0.442. The quantitative estimate of drug-likeness (QED) is 0.701. The zero-order valence-corrected chi connectivity index (χ0v) is 10.6. The first kappa shape index (κ1) is 13.9. The van der Waals surface area contributed by atoms with Gasteiger partial charge >= 0.3 is 5.97 Å². The zero-order chi connectivity index (χ0) is 14.9. The second-order valence-corrected chi connectivity index (χ2v) is 5.08. The van der Waals surface area contributed by atoms with E-state index in [0.29, 0.717) is 4.73 Å². The Morgan fingerprint density at radius 2 is 1.60 bits per heavy atom. The summed E-state index contributed by atoms with van der Waals surface area (Å²) >= 11 is 0. The Morgan fingerprint density at radius 1 is 1.05 bits per heavy atom. The summed E-state index contributed by atoms with van der Waals surface area (Å²) in [5, 5.41) is 18.6. The second kappa shape index (κ2) is 4.87. The minimum atomic E-state index is -4.61. The minimum Gasteiger partial charge on any atom is -0.492 e. The molecule has 0 saturated heterocycles. The number of hydrogen-bond donors (Lipinski definition) is 3. The number of carbonyl (C=O) groups is 1. The van der Waals surface area contributed by atoms with E-state index >= 15 is 0 Å². The number of hydrogen-bond acceptors (Lipinski definition) is 6. The number of nitrogens with zero attached hydrogens (tertiary/aromatic N) is 1. The van der Waals surface area contributed by atoms with Gasteiger partial charge in [0.05, 0.1) is 5.56 Å². The van der Waals surface area contributed by atoms with Crippen molar-refractivity contribution in [3.8, 4) is 11.8 Å². The lowest BCUT2D eigenvalue weighted by Gasteiger charge is -2.08. The van der Waals surface area contributed by atoms with Gasteiger partial charge in [-0.25, -0.2) is 4.79 Å². The molecule has 1 heterocycles. The summed E-state index contributed by atoms with van der Waals surface area (Å²) in [6, 6.07) is 6.93. The Balaban J connectivity index is 2.41. The van der Waals surface area contributed by atoms with E-state index < -0.39 is 38.3 Å². The van der Waals surface area contributed by atoms with Crippen molar-refractivity contribution in [2.75, 3.05) is 0 Å². The van der Waals surface area contributed by atoms with Gasteiger partial charge in [-0.2, -0.15) is 8.42 Å². The van der Waals surface area contributed by atoms with Crippen LogP contribution in [-0.2, 0) is 10.1 Å². The Morgan fingerprint density at radius 3 is 2.15 bits per heavy atom. The highest BCUT2D eigenvalue weighted by atomic mass is 32.2. The van der Waals surface area contributed by atoms with Gasteiger partial charge in [-0.05, 0) is 12.1 Å². The molecule has 0 radical (unpaired) electrons. The van der Waals surface area contributed by atoms with Gasteiger partial charge in [0.1, 0.15) is 4.90 Å². The second-order valence-electron chi connectivity index (χ2n) is 3.69. The predicted octanol–water partition coefficient (Wildman–Crippen LogP) is 0.415. The van der Waals surface area contributed by atoms with Crippen molar-refractivity contribution in [2.24, 2.45) is 0 Å². The maximum atomic E-state index is 11.8. The van der Waals surface area contributed by atoms with E-state index in [1.165, 1.54) is 12.1 Å². The number of rotatable bonds is 3. The fourth-order valence-electron chi connectivity index (χ4n) is 1.49. The van der Waals surface area contributed by atoms with Crippen molar-refractivity contribution >= 4 is 16.1 Å². The normalized spacial score (nSPS) is 11.2. The SMILES string of the molecule is O=C(On1c(O)ccc1O)c1ccccc1S(=O)(=O)O.